The first-order chi connectivity index (χ1) is 18.7. The zero-order valence-electron chi connectivity index (χ0n) is 22.1. The van der Waals surface area contributed by atoms with Gasteiger partial charge in [-0.25, -0.2) is 13.4 Å². The van der Waals surface area contributed by atoms with Gasteiger partial charge in [-0.15, -0.1) is 0 Å². The molecule has 0 amide bonds. The molecule has 0 bridgehead atoms. The number of aromatic hydroxyl groups is 1. The maximum absolute atomic E-state index is 13.7. The monoisotopic (exact) mass is 542 g/mol. The summed E-state index contributed by atoms with van der Waals surface area (Å²) < 4.78 is 28.8. The Bertz CT molecular complexity index is 1700. The van der Waals surface area contributed by atoms with Gasteiger partial charge in [0, 0.05) is 18.2 Å². The van der Waals surface area contributed by atoms with Gasteiger partial charge in [-0.05, 0) is 60.7 Å². The Morgan fingerprint density at radius 2 is 1.85 bits per heavy atom. The lowest BCUT2D eigenvalue weighted by atomic mass is 10.0. The highest BCUT2D eigenvalue weighted by atomic mass is 32.2. The van der Waals surface area contributed by atoms with E-state index in [1.54, 1.807) is 30.3 Å². The lowest BCUT2D eigenvalue weighted by Crippen LogP contribution is -2.27. The van der Waals surface area contributed by atoms with E-state index in [0.717, 1.165) is 23.1 Å². The number of nitrogens with zero attached hydrogens (tertiary/aromatic N) is 4. The van der Waals surface area contributed by atoms with Gasteiger partial charge >= 0.3 is 0 Å². The lowest BCUT2D eigenvalue weighted by molar-refractivity contribution is 0.358. The number of aromatic nitrogens is 3. The second kappa shape index (κ2) is 11.6. The molecule has 2 heterocycles. The Hall–Kier alpha value is -4.29. The number of nitriles is 1. The van der Waals surface area contributed by atoms with E-state index in [9.17, 15) is 23.6 Å². The fourth-order valence-electron chi connectivity index (χ4n) is 4.71. The molecular weight excluding hydrogens is 512 g/mol. The highest BCUT2D eigenvalue weighted by molar-refractivity contribution is 7.91. The predicted octanol–water partition coefficient (Wildman–Crippen LogP) is 5.37. The molecule has 200 valence electrons. The Morgan fingerprint density at radius 3 is 2.49 bits per heavy atom. The molecule has 39 heavy (non-hydrogen) atoms. The summed E-state index contributed by atoms with van der Waals surface area (Å²) in [5.74, 6) is -0.393. The summed E-state index contributed by atoms with van der Waals surface area (Å²) in [4.78, 5) is 20.6. The number of aryl methyl sites for hydroxylation is 2. The molecule has 0 saturated heterocycles. The number of benzene rings is 2. The Kier molecular flexibility index (Phi) is 8.27. The van der Waals surface area contributed by atoms with Crippen LogP contribution in [0.4, 0.5) is 0 Å². The summed E-state index contributed by atoms with van der Waals surface area (Å²) in [5, 5.41) is 20.5. The zero-order valence-corrected chi connectivity index (χ0v) is 22.9. The Balaban J connectivity index is 1.88. The molecule has 4 rings (SSSR count). The molecule has 1 N–H and O–H groups in total. The summed E-state index contributed by atoms with van der Waals surface area (Å²) >= 11 is 0. The van der Waals surface area contributed by atoms with Gasteiger partial charge in [0.05, 0.1) is 17.7 Å². The van der Waals surface area contributed by atoms with E-state index in [-0.39, 0.29) is 10.9 Å². The van der Waals surface area contributed by atoms with Crippen LogP contribution in [0.5, 0.6) is 5.88 Å². The highest BCUT2D eigenvalue weighted by Crippen LogP contribution is 2.33. The van der Waals surface area contributed by atoms with E-state index in [0.29, 0.717) is 30.4 Å². The number of hydrogen-bond acceptors (Lipinski definition) is 7. The number of unbranched alkanes of at least 4 members (excludes halogenated alkanes) is 1. The van der Waals surface area contributed by atoms with Crippen LogP contribution in [0.2, 0.25) is 0 Å². The van der Waals surface area contributed by atoms with Gasteiger partial charge in [0.2, 0.25) is 20.6 Å². The minimum absolute atomic E-state index is 0.287. The summed E-state index contributed by atoms with van der Waals surface area (Å²) in [6.07, 6.45) is 3.77. The highest BCUT2D eigenvalue weighted by Gasteiger charge is 2.32. The van der Waals surface area contributed by atoms with Crippen LogP contribution in [-0.4, -0.2) is 28.1 Å². The maximum atomic E-state index is 13.7. The maximum Gasteiger partial charge on any atom is 0.296 e. The van der Waals surface area contributed by atoms with Crippen molar-refractivity contribution in [2.45, 2.75) is 62.4 Å². The molecule has 4 aromatic rings. The second-order valence-electron chi connectivity index (χ2n) is 9.32. The van der Waals surface area contributed by atoms with E-state index in [4.69, 9.17) is 0 Å². The Morgan fingerprint density at radius 1 is 1.08 bits per heavy atom. The summed E-state index contributed by atoms with van der Waals surface area (Å²) in [6.45, 7) is 5.81. The van der Waals surface area contributed by atoms with Crippen molar-refractivity contribution in [2.75, 3.05) is 0 Å². The molecule has 2 aromatic carbocycles. The molecule has 1 unspecified atom stereocenters. The van der Waals surface area contributed by atoms with Gasteiger partial charge in [0.25, 0.3) is 5.56 Å². The molecule has 0 aliphatic rings. The van der Waals surface area contributed by atoms with E-state index in [1.807, 2.05) is 45.0 Å². The molecular formula is C30H30N4O4S. The van der Waals surface area contributed by atoms with E-state index in [1.165, 1.54) is 16.8 Å². The van der Waals surface area contributed by atoms with Gasteiger partial charge in [-0.2, -0.15) is 10.2 Å². The molecule has 9 heteroatoms. The first-order valence-electron chi connectivity index (χ1n) is 12.8. The van der Waals surface area contributed by atoms with Crippen LogP contribution in [0.25, 0.3) is 11.1 Å². The lowest BCUT2D eigenvalue weighted by Gasteiger charge is -2.25. The fourth-order valence-corrected chi connectivity index (χ4v) is 5.97. The van der Waals surface area contributed by atoms with Gasteiger partial charge < -0.3 is 5.11 Å². The van der Waals surface area contributed by atoms with Crippen molar-refractivity contribution in [3.8, 4) is 23.1 Å². The molecule has 0 aliphatic heterocycles. The van der Waals surface area contributed by atoms with Crippen LogP contribution < -0.4 is 5.56 Å². The molecule has 8 nitrogen and oxygen atoms in total. The summed E-state index contributed by atoms with van der Waals surface area (Å²) in [7, 11) is -4.52. The van der Waals surface area contributed by atoms with Crippen LogP contribution in [0.1, 0.15) is 61.7 Å². The Labute approximate surface area is 228 Å². The van der Waals surface area contributed by atoms with Gasteiger partial charge in [0.1, 0.15) is 5.82 Å². The number of pyridine rings is 1. The standard InChI is InChI=1S/C30H30N4O4S/c1-4-6-14-26-33-29(35)28(30(36)34(26)25(5-2)22-12-9-11-21(17-22)18-31)39(37,38)27-16-15-23(19-32-27)24-13-8-7-10-20(24)3/h7-13,15-17,19,25,36H,4-6,14H2,1-3H3. The minimum atomic E-state index is -4.52. The van der Waals surface area contributed by atoms with Gasteiger partial charge in [-0.1, -0.05) is 56.7 Å². The SMILES string of the molecule is CCCCc1nc(=O)c(S(=O)(=O)c2ccc(-c3ccccc3C)cn2)c(O)n1C(CC)c1cccc(C#N)c1. The zero-order chi connectivity index (χ0) is 28.2. The third-order valence-electron chi connectivity index (χ3n) is 6.72. The van der Waals surface area contributed by atoms with E-state index in [2.05, 4.69) is 16.0 Å². The van der Waals surface area contributed by atoms with Crippen molar-refractivity contribution < 1.29 is 13.5 Å². The van der Waals surface area contributed by atoms with Crippen molar-refractivity contribution in [3.05, 3.63) is 99.7 Å². The van der Waals surface area contributed by atoms with Crippen LogP contribution >= 0.6 is 0 Å². The van der Waals surface area contributed by atoms with Gasteiger partial charge in [-0.3, -0.25) is 9.36 Å². The van der Waals surface area contributed by atoms with Crippen molar-refractivity contribution >= 4 is 9.84 Å². The van der Waals surface area contributed by atoms with Crippen molar-refractivity contribution in [1.82, 2.24) is 14.5 Å². The largest absolute Gasteiger partial charge is 0.493 e. The smallest absolute Gasteiger partial charge is 0.296 e. The molecule has 1 atom stereocenters. The van der Waals surface area contributed by atoms with E-state index >= 15 is 0 Å². The summed E-state index contributed by atoms with van der Waals surface area (Å²) in [5.41, 5.74) is 2.74. The average molecular weight is 543 g/mol. The third kappa shape index (κ3) is 5.47. The van der Waals surface area contributed by atoms with Crippen LogP contribution in [0.15, 0.2) is 81.6 Å². The molecule has 0 radical (unpaired) electrons. The van der Waals surface area contributed by atoms with E-state index < -0.39 is 32.2 Å². The van der Waals surface area contributed by atoms with Crippen LogP contribution in [0, 0.1) is 18.3 Å². The third-order valence-corrected chi connectivity index (χ3v) is 8.41. The second-order valence-corrected chi connectivity index (χ2v) is 11.2. The quantitative estimate of drug-likeness (QED) is 0.301. The number of sulfone groups is 1. The van der Waals surface area contributed by atoms with Gasteiger partial charge in [0.15, 0.2) is 5.03 Å². The first kappa shape index (κ1) is 27.7. The normalized spacial score (nSPS) is 12.2. The number of hydrogen-bond donors (Lipinski definition) is 1. The first-order valence-corrected chi connectivity index (χ1v) is 14.3. The predicted molar refractivity (Wildman–Crippen MR) is 148 cm³/mol. The molecule has 0 fully saturated rings. The minimum Gasteiger partial charge on any atom is -0.493 e. The molecule has 0 spiro atoms. The topological polar surface area (TPSA) is 126 Å². The van der Waals surface area contributed by atoms with Crippen molar-refractivity contribution in [2.24, 2.45) is 0 Å². The fraction of sp³-hybridized carbons (Fsp3) is 0.267. The van der Waals surface area contributed by atoms with Crippen molar-refractivity contribution in [3.63, 3.8) is 0 Å². The van der Waals surface area contributed by atoms with Crippen LogP contribution in [-0.2, 0) is 16.3 Å². The molecule has 0 aliphatic carbocycles. The molecule has 0 saturated carbocycles. The average Bonchev–Trinajstić information content (AvgIpc) is 2.94. The van der Waals surface area contributed by atoms with Crippen molar-refractivity contribution in [1.29, 1.82) is 5.26 Å². The number of rotatable bonds is 9. The molecule has 2 aromatic heterocycles. The van der Waals surface area contributed by atoms with Crippen LogP contribution in [0.3, 0.4) is 0 Å². The summed E-state index contributed by atoms with van der Waals surface area (Å²) in [6, 6.07) is 19.1.